The number of hydrogen-bond acceptors (Lipinski definition) is 4. The number of ether oxygens (including phenoxy) is 1. The highest BCUT2D eigenvalue weighted by Crippen LogP contribution is 2.33. The average molecular weight is 318 g/mol. The van der Waals surface area contributed by atoms with Gasteiger partial charge in [-0.05, 0) is 13.0 Å². The van der Waals surface area contributed by atoms with Crippen LogP contribution in [0.15, 0.2) is 24.3 Å². The van der Waals surface area contributed by atoms with Gasteiger partial charge in [0.2, 0.25) is 15.0 Å². The molecule has 1 aliphatic rings. The fraction of sp³-hybridized carbons (Fsp3) is 0.462. The summed E-state index contributed by atoms with van der Waals surface area (Å²) in [4.78, 5) is 13.5. The maximum absolute atomic E-state index is 12.0. The predicted octanol–water partition coefficient (Wildman–Crippen LogP) is 1.93. The first-order valence-electron chi connectivity index (χ1n) is 6.20. The molecule has 0 bridgehead atoms. The van der Waals surface area contributed by atoms with Crippen LogP contribution in [0.2, 0.25) is 0 Å². The third-order valence-corrected chi connectivity index (χ3v) is 5.45. The van der Waals surface area contributed by atoms with Crippen LogP contribution in [0.25, 0.3) is 0 Å². The molecule has 2 rings (SSSR count). The molecular formula is C13H16ClNO4S. The highest BCUT2D eigenvalue weighted by atomic mass is 35.7. The molecule has 0 saturated carbocycles. The molecule has 1 heterocycles. The van der Waals surface area contributed by atoms with Gasteiger partial charge in [-0.1, -0.05) is 18.2 Å². The summed E-state index contributed by atoms with van der Waals surface area (Å²) in [6, 6.07) is 7.10. The number of nitrogens with zero attached hydrogens (tertiary/aromatic N) is 1. The lowest BCUT2D eigenvalue weighted by Gasteiger charge is -2.26. The van der Waals surface area contributed by atoms with Crippen LogP contribution < -0.4 is 4.74 Å². The van der Waals surface area contributed by atoms with Gasteiger partial charge in [0.25, 0.3) is 0 Å². The number of carbonyl (C=O) groups is 1. The Hall–Kier alpha value is -1.27. The molecule has 1 aromatic carbocycles. The minimum atomic E-state index is -3.72. The maximum Gasteiger partial charge on any atom is 0.237 e. The molecule has 5 nitrogen and oxygen atoms in total. The fourth-order valence-electron chi connectivity index (χ4n) is 2.44. The number of hydrogen-bond donors (Lipinski definition) is 0. The molecule has 1 fully saturated rings. The van der Waals surface area contributed by atoms with Crippen molar-refractivity contribution in [1.82, 2.24) is 4.90 Å². The van der Waals surface area contributed by atoms with Crippen LogP contribution >= 0.6 is 10.7 Å². The quantitative estimate of drug-likeness (QED) is 0.796. The van der Waals surface area contributed by atoms with Gasteiger partial charge < -0.3 is 9.64 Å². The van der Waals surface area contributed by atoms with E-state index in [9.17, 15) is 13.2 Å². The lowest BCUT2D eigenvalue weighted by Crippen LogP contribution is -2.30. The first-order chi connectivity index (χ1) is 9.34. The topological polar surface area (TPSA) is 63.7 Å². The molecule has 0 aliphatic carbocycles. The zero-order valence-electron chi connectivity index (χ0n) is 11.2. The summed E-state index contributed by atoms with van der Waals surface area (Å²) in [7, 11) is 3.19. The normalized spacial score (nSPS) is 21.1. The number of benzene rings is 1. The molecule has 1 amide bonds. The number of methoxy groups -OCH3 is 1. The zero-order chi connectivity index (χ0) is 14.9. The number of carbonyl (C=O) groups excluding carboxylic acids is 1. The summed E-state index contributed by atoms with van der Waals surface area (Å²) < 4.78 is 28.0. The van der Waals surface area contributed by atoms with Crippen molar-refractivity contribution in [2.75, 3.05) is 13.7 Å². The van der Waals surface area contributed by atoms with Gasteiger partial charge in [0.15, 0.2) is 0 Å². The van der Waals surface area contributed by atoms with Crippen molar-refractivity contribution >= 4 is 25.6 Å². The van der Waals surface area contributed by atoms with Gasteiger partial charge in [-0.25, -0.2) is 8.42 Å². The van der Waals surface area contributed by atoms with E-state index in [1.54, 1.807) is 7.11 Å². The standard InChI is InChI=1S/C13H16ClNO4S/c1-9(11-5-3-4-6-12(11)19-2)15-8-10(7-13(15)16)20(14,17)18/h3-6,9-10H,7-8H2,1-2H3. The molecule has 1 aliphatic heterocycles. The summed E-state index contributed by atoms with van der Waals surface area (Å²) in [5, 5.41) is -0.839. The summed E-state index contributed by atoms with van der Waals surface area (Å²) >= 11 is 0. The van der Waals surface area contributed by atoms with Crippen LogP contribution in [0, 0.1) is 0 Å². The molecule has 1 aromatic rings. The van der Waals surface area contributed by atoms with Crippen molar-refractivity contribution in [2.24, 2.45) is 0 Å². The molecule has 110 valence electrons. The smallest absolute Gasteiger partial charge is 0.237 e. The van der Waals surface area contributed by atoms with Crippen LogP contribution in [0.5, 0.6) is 5.75 Å². The highest BCUT2D eigenvalue weighted by molar-refractivity contribution is 8.14. The summed E-state index contributed by atoms with van der Waals surface area (Å²) in [6.45, 7) is 1.96. The molecule has 2 atom stereocenters. The lowest BCUT2D eigenvalue weighted by atomic mass is 10.1. The van der Waals surface area contributed by atoms with Gasteiger partial charge in [-0.2, -0.15) is 0 Å². The van der Waals surface area contributed by atoms with Crippen molar-refractivity contribution in [1.29, 1.82) is 0 Å². The Bertz CT molecular complexity index is 617. The fourth-order valence-corrected chi connectivity index (χ4v) is 3.48. The first-order valence-corrected chi connectivity index (χ1v) is 8.57. The SMILES string of the molecule is COc1ccccc1C(C)N1CC(S(=O)(=O)Cl)CC1=O. The second-order valence-corrected chi connectivity index (χ2v) is 7.67. The van der Waals surface area contributed by atoms with Crippen LogP contribution in [-0.4, -0.2) is 38.1 Å². The van der Waals surface area contributed by atoms with Crippen molar-refractivity contribution in [3.05, 3.63) is 29.8 Å². The Kier molecular flexibility index (Phi) is 4.25. The second kappa shape index (κ2) is 5.61. The molecule has 20 heavy (non-hydrogen) atoms. The average Bonchev–Trinajstić information content (AvgIpc) is 2.80. The van der Waals surface area contributed by atoms with Gasteiger partial charge in [0.05, 0.1) is 13.2 Å². The maximum atomic E-state index is 12.0. The van der Waals surface area contributed by atoms with Gasteiger partial charge in [0, 0.05) is 29.2 Å². The van der Waals surface area contributed by atoms with E-state index in [2.05, 4.69) is 0 Å². The van der Waals surface area contributed by atoms with E-state index in [0.29, 0.717) is 5.75 Å². The number of likely N-dealkylation sites (tertiary alicyclic amines) is 1. The van der Waals surface area contributed by atoms with Crippen LogP contribution in [0.1, 0.15) is 24.9 Å². The van der Waals surface area contributed by atoms with Crippen LogP contribution in [0.3, 0.4) is 0 Å². The minimum Gasteiger partial charge on any atom is -0.496 e. The van der Waals surface area contributed by atoms with Crippen LogP contribution in [-0.2, 0) is 13.8 Å². The van der Waals surface area contributed by atoms with Gasteiger partial charge in [-0.15, -0.1) is 0 Å². The van der Waals surface area contributed by atoms with Crippen molar-refractivity contribution in [2.45, 2.75) is 24.6 Å². The molecular weight excluding hydrogens is 302 g/mol. The third-order valence-electron chi connectivity index (χ3n) is 3.58. The molecule has 0 radical (unpaired) electrons. The monoisotopic (exact) mass is 317 g/mol. The third kappa shape index (κ3) is 2.91. The van der Waals surface area contributed by atoms with E-state index in [1.165, 1.54) is 4.90 Å². The van der Waals surface area contributed by atoms with E-state index in [4.69, 9.17) is 15.4 Å². The highest BCUT2D eigenvalue weighted by Gasteiger charge is 2.39. The van der Waals surface area contributed by atoms with Crippen molar-refractivity contribution < 1.29 is 17.9 Å². The summed E-state index contributed by atoms with van der Waals surface area (Å²) in [6.07, 6.45) is -0.0642. The van der Waals surface area contributed by atoms with Crippen LogP contribution in [0.4, 0.5) is 0 Å². The molecule has 1 saturated heterocycles. The second-order valence-electron chi connectivity index (χ2n) is 4.77. The van der Waals surface area contributed by atoms with Gasteiger partial charge in [-0.3, -0.25) is 4.79 Å². The Morgan fingerprint density at radius 2 is 2.05 bits per heavy atom. The summed E-state index contributed by atoms with van der Waals surface area (Å²) in [5.74, 6) is 0.461. The molecule has 0 aromatic heterocycles. The number of halogens is 1. The number of para-hydroxylation sites is 1. The van der Waals surface area contributed by atoms with E-state index in [-0.39, 0.29) is 24.9 Å². The number of amides is 1. The predicted molar refractivity (Wildman–Crippen MR) is 76.3 cm³/mol. The van der Waals surface area contributed by atoms with E-state index >= 15 is 0 Å². The zero-order valence-corrected chi connectivity index (χ0v) is 12.8. The Labute approximate surface area is 122 Å². The summed E-state index contributed by atoms with van der Waals surface area (Å²) in [5.41, 5.74) is 0.843. The largest absolute Gasteiger partial charge is 0.496 e. The van der Waals surface area contributed by atoms with Crippen molar-refractivity contribution in [3.8, 4) is 5.75 Å². The number of rotatable bonds is 4. The Balaban J connectivity index is 2.26. The first kappa shape index (κ1) is 15.1. The van der Waals surface area contributed by atoms with Crippen molar-refractivity contribution in [3.63, 3.8) is 0 Å². The Morgan fingerprint density at radius 1 is 1.40 bits per heavy atom. The molecule has 0 spiro atoms. The Morgan fingerprint density at radius 3 is 2.60 bits per heavy atom. The van der Waals surface area contributed by atoms with Gasteiger partial charge >= 0.3 is 0 Å². The lowest BCUT2D eigenvalue weighted by molar-refractivity contribution is -0.129. The molecule has 7 heteroatoms. The minimum absolute atomic E-state index is 0.0642. The van der Waals surface area contributed by atoms with E-state index in [1.807, 2.05) is 31.2 Å². The van der Waals surface area contributed by atoms with E-state index in [0.717, 1.165) is 5.56 Å². The van der Waals surface area contributed by atoms with Gasteiger partial charge in [0.1, 0.15) is 11.0 Å². The van der Waals surface area contributed by atoms with E-state index < -0.39 is 14.3 Å². The molecule has 0 N–H and O–H groups in total. The molecule has 2 unspecified atom stereocenters.